The fourth-order valence-corrected chi connectivity index (χ4v) is 3.81. The summed E-state index contributed by atoms with van der Waals surface area (Å²) in [7, 11) is 1.59. The van der Waals surface area contributed by atoms with Crippen LogP contribution in [0.2, 0.25) is 0 Å². The summed E-state index contributed by atoms with van der Waals surface area (Å²) >= 11 is 0. The predicted octanol–water partition coefficient (Wildman–Crippen LogP) is 3.43. The van der Waals surface area contributed by atoms with Gasteiger partial charge in [0.1, 0.15) is 11.8 Å². The van der Waals surface area contributed by atoms with Crippen LogP contribution >= 0.6 is 0 Å². The third-order valence-corrected chi connectivity index (χ3v) is 5.40. The zero-order chi connectivity index (χ0) is 21.6. The Hall–Kier alpha value is -3.58. The highest BCUT2D eigenvalue weighted by molar-refractivity contribution is 5.96. The van der Waals surface area contributed by atoms with Gasteiger partial charge in [0.25, 0.3) is 5.91 Å². The molecule has 160 valence electrons. The van der Waals surface area contributed by atoms with E-state index in [1.165, 1.54) is 6.26 Å². The minimum atomic E-state index is -0.465. The summed E-state index contributed by atoms with van der Waals surface area (Å²) in [4.78, 5) is 29.8. The summed E-state index contributed by atoms with van der Waals surface area (Å²) in [5.74, 6) is 0.773. The van der Waals surface area contributed by atoms with Gasteiger partial charge in [0.2, 0.25) is 5.91 Å². The first-order valence-electron chi connectivity index (χ1n) is 10.2. The van der Waals surface area contributed by atoms with Gasteiger partial charge in [0.15, 0.2) is 5.76 Å². The first kappa shape index (κ1) is 20.7. The fourth-order valence-electron chi connectivity index (χ4n) is 3.81. The standard InChI is InChI=1S/C24H25N3O4/c1-30-20-10-5-9-19(17-20)25-23(28)22(18-7-3-2-4-8-18)26-12-14-27(15-13-26)24(29)21-11-6-16-31-21/h2-11,16-17,22H,12-15H2,1H3,(H,25,28)/t22-/m1/s1. The number of piperazine rings is 1. The van der Waals surface area contributed by atoms with Crippen LogP contribution in [0.5, 0.6) is 5.75 Å². The van der Waals surface area contributed by atoms with Gasteiger partial charge in [-0.15, -0.1) is 0 Å². The molecular formula is C24H25N3O4. The first-order valence-corrected chi connectivity index (χ1v) is 10.2. The maximum absolute atomic E-state index is 13.3. The van der Waals surface area contributed by atoms with Gasteiger partial charge in [-0.2, -0.15) is 0 Å². The summed E-state index contributed by atoms with van der Waals surface area (Å²) < 4.78 is 10.5. The summed E-state index contributed by atoms with van der Waals surface area (Å²) in [6, 6.07) is 19.9. The maximum atomic E-state index is 13.3. The maximum Gasteiger partial charge on any atom is 0.289 e. The van der Waals surface area contributed by atoms with Crippen LogP contribution in [-0.4, -0.2) is 54.9 Å². The normalized spacial score (nSPS) is 15.3. The number of nitrogens with one attached hydrogen (secondary N) is 1. The molecule has 1 aliphatic heterocycles. The third-order valence-electron chi connectivity index (χ3n) is 5.40. The van der Waals surface area contributed by atoms with Crippen molar-refractivity contribution in [1.82, 2.24) is 9.80 Å². The van der Waals surface area contributed by atoms with Crippen LogP contribution in [-0.2, 0) is 4.79 Å². The molecular weight excluding hydrogens is 394 g/mol. The number of hydrogen-bond donors (Lipinski definition) is 1. The molecule has 31 heavy (non-hydrogen) atoms. The van der Waals surface area contributed by atoms with Crippen molar-refractivity contribution in [3.63, 3.8) is 0 Å². The summed E-state index contributed by atoms with van der Waals surface area (Å²) in [5, 5.41) is 3.01. The zero-order valence-corrected chi connectivity index (χ0v) is 17.4. The van der Waals surface area contributed by atoms with Crippen molar-refractivity contribution >= 4 is 17.5 Å². The molecule has 7 nitrogen and oxygen atoms in total. The smallest absolute Gasteiger partial charge is 0.289 e. The average Bonchev–Trinajstić information content (AvgIpc) is 3.35. The fraction of sp³-hybridized carbons (Fsp3) is 0.250. The second kappa shape index (κ2) is 9.49. The number of carbonyl (C=O) groups is 2. The van der Waals surface area contributed by atoms with Crippen LogP contribution in [0.15, 0.2) is 77.4 Å². The number of anilines is 1. The van der Waals surface area contributed by atoms with Gasteiger partial charge >= 0.3 is 0 Å². The Labute approximate surface area is 181 Å². The lowest BCUT2D eigenvalue weighted by Crippen LogP contribution is -2.51. The summed E-state index contributed by atoms with van der Waals surface area (Å²) in [6.45, 7) is 2.21. The molecule has 1 N–H and O–H groups in total. The first-order chi connectivity index (χ1) is 15.2. The van der Waals surface area contributed by atoms with Crippen molar-refractivity contribution in [2.75, 3.05) is 38.6 Å². The molecule has 2 aromatic carbocycles. The van der Waals surface area contributed by atoms with Crippen molar-refractivity contribution in [3.05, 3.63) is 84.3 Å². The molecule has 0 bridgehead atoms. The Balaban J connectivity index is 1.49. The highest BCUT2D eigenvalue weighted by atomic mass is 16.5. The van der Waals surface area contributed by atoms with Gasteiger partial charge in [-0.25, -0.2) is 0 Å². The number of carbonyl (C=O) groups excluding carboxylic acids is 2. The van der Waals surface area contributed by atoms with Crippen LogP contribution in [0, 0.1) is 0 Å². The largest absolute Gasteiger partial charge is 0.497 e. The SMILES string of the molecule is COc1cccc(NC(=O)[C@@H](c2ccccc2)N2CCN(C(=O)c3ccco3)CC2)c1. The molecule has 0 spiro atoms. The molecule has 1 fully saturated rings. The van der Waals surface area contributed by atoms with Crippen molar-refractivity contribution in [2.24, 2.45) is 0 Å². The molecule has 1 aromatic heterocycles. The predicted molar refractivity (Wildman–Crippen MR) is 117 cm³/mol. The third kappa shape index (κ3) is 4.78. The molecule has 1 atom stereocenters. The van der Waals surface area contributed by atoms with Gasteiger partial charge in [-0.3, -0.25) is 14.5 Å². The molecule has 1 saturated heterocycles. The molecule has 0 saturated carbocycles. The molecule has 2 heterocycles. The summed E-state index contributed by atoms with van der Waals surface area (Å²) in [6.07, 6.45) is 1.50. The number of furan rings is 1. The van der Waals surface area contributed by atoms with Crippen LogP contribution < -0.4 is 10.1 Å². The molecule has 0 aliphatic carbocycles. The molecule has 1 aliphatic rings. The van der Waals surface area contributed by atoms with Gasteiger partial charge in [0, 0.05) is 37.9 Å². The Morgan fingerprint density at radius 2 is 1.74 bits per heavy atom. The van der Waals surface area contributed by atoms with Crippen molar-refractivity contribution < 1.29 is 18.7 Å². The highest BCUT2D eigenvalue weighted by Gasteiger charge is 2.32. The van der Waals surface area contributed by atoms with Gasteiger partial charge in [0.05, 0.1) is 13.4 Å². The van der Waals surface area contributed by atoms with E-state index >= 15 is 0 Å². The van der Waals surface area contributed by atoms with Crippen molar-refractivity contribution in [2.45, 2.75) is 6.04 Å². The highest BCUT2D eigenvalue weighted by Crippen LogP contribution is 2.26. The Bertz CT molecular complexity index is 1010. The van der Waals surface area contributed by atoms with Crippen molar-refractivity contribution in [1.29, 1.82) is 0 Å². The van der Waals surface area contributed by atoms with E-state index in [4.69, 9.17) is 9.15 Å². The van der Waals surface area contributed by atoms with E-state index in [9.17, 15) is 9.59 Å². The van der Waals surface area contributed by atoms with Crippen LogP contribution in [0.25, 0.3) is 0 Å². The van der Waals surface area contributed by atoms with E-state index in [2.05, 4.69) is 10.2 Å². The van der Waals surface area contributed by atoms with E-state index in [-0.39, 0.29) is 11.8 Å². The Morgan fingerprint density at radius 3 is 2.42 bits per heavy atom. The lowest BCUT2D eigenvalue weighted by atomic mass is 10.0. The molecule has 0 unspecified atom stereocenters. The minimum Gasteiger partial charge on any atom is -0.497 e. The van der Waals surface area contributed by atoms with Crippen molar-refractivity contribution in [3.8, 4) is 5.75 Å². The topological polar surface area (TPSA) is 75.0 Å². The molecule has 3 aromatic rings. The monoisotopic (exact) mass is 419 g/mol. The number of rotatable bonds is 6. The van der Waals surface area contributed by atoms with Crippen LogP contribution in [0.1, 0.15) is 22.2 Å². The van der Waals surface area contributed by atoms with E-state index in [0.717, 1.165) is 5.56 Å². The Kier molecular flexibility index (Phi) is 6.33. The molecule has 0 radical (unpaired) electrons. The van der Waals surface area contributed by atoms with E-state index in [1.807, 2.05) is 48.5 Å². The van der Waals surface area contributed by atoms with E-state index in [0.29, 0.717) is 43.4 Å². The number of amides is 2. The van der Waals surface area contributed by atoms with E-state index in [1.54, 1.807) is 30.2 Å². The Morgan fingerprint density at radius 1 is 0.968 bits per heavy atom. The number of hydrogen-bond acceptors (Lipinski definition) is 5. The number of nitrogens with zero attached hydrogens (tertiary/aromatic N) is 2. The number of benzene rings is 2. The number of ether oxygens (including phenoxy) is 1. The minimum absolute atomic E-state index is 0.120. The lowest BCUT2D eigenvalue weighted by molar-refractivity contribution is -0.122. The van der Waals surface area contributed by atoms with Gasteiger partial charge in [-0.05, 0) is 29.8 Å². The lowest BCUT2D eigenvalue weighted by Gasteiger charge is -2.38. The van der Waals surface area contributed by atoms with E-state index < -0.39 is 6.04 Å². The zero-order valence-electron chi connectivity index (χ0n) is 17.4. The van der Waals surface area contributed by atoms with Gasteiger partial charge < -0.3 is 19.4 Å². The summed E-state index contributed by atoms with van der Waals surface area (Å²) in [5.41, 5.74) is 1.59. The quantitative estimate of drug-likeness (QED) is 0.663. The average molecular weight is 419 g/mol. The van der Waals surface area contributed by atoms with Crippen LogP contribution in [0.3, 0.4) is 0 Å². The number of methoxy groups -OCH3 is 1. The molecule has 7 heteroatoms. The molecule has 2 amide bonds. The molecule has 4 rings (SSSR count). The van der Waals surface area contributed by atoms with Crippen LogP contribution in [0.4, 0.5) is 5.69 Å². The van der Waals surface area contributed by atoms with Gasteiger partial charge in [-0.1, -0.05) is 36.4 Å². The second-order valence-corrected chi connectivity index (χ2v) is 7.34. The second-order valence-electron chi connectivity index (χ2n) is 7.34.